The Kier molecular flexibility index (Phi) is 10.6. The summed E-state index contributed by atoms with van der Waals surface area (Å²) in [6, 6.07) is 24.4. The Balaban J connectivity index is 1.47. The predicted molar refractivity (Wildman–Crippen MR) is 171 cm³/mol. The first-order valence-electron chi connectivity index (χ1n) is 12.7. The van der Waals surface area contributed by atoms with Crippen LogP contribution in [0.5, 0.6) is 0 Å². The van der Waals surface area contributed by atoms with Crippen molar-refractivity contribution in [3.8, 4) is 0 Å². The normalized spacial score (nSPS) is 11.0. The number of amides is 3. The van der Waals surface area contributed by atoms with E-state index in [-0.39, 0.29) is 28.1 Å². The number of hydrogen-bond donors (Lipinski definition) is 3. The highest BCUT2D eigenvalue weighted by Crippen LogP contribution is 2.28. The van der Waals surface area contributed by atoms with Crippen molar-refractivity contribution in [2.24, 2.45) is 0 Å². The minimum absolute atomic E-state index is 0.0189. The Labute approximate surface area is 261 Å². The van der Waals surface area contributed by atoms with Crippen LogP contribution in [0.1, 0.15) is 21.5 Å². The monoisotopic (exact) mass is 634 g/mol. The number of nitro benzene ring substituents is 1. The molecular formula is C31H24Cl2N4O5S. The fourth-order valence-electron chi connectivity index (χ4n) is 3.79. The molecule has 4 rings (SSSR count). The van der Waals surface area contributed by atoms with E-state index in [0.717, 1.165) is 0 Å². The summed E-state index contributed by atoms with van der Waals surface area (Å²) in [6.07, 6.45) is 1.43. The number of nitro groups is 1. The van der Waals surface area contributed by atoms with Crippen molar-refractivity contribution in [2.75, 3.05) is 16.4 Å². The lowest BCUT2D eigenvalue weighted by atomic mass is 10.1. The van der Waals surface area contributed by atoms with Crippen molar-refractivity contribution in [1.29, 1.82) is 0 Å². The molecule has 218 valence electrons. The van der Waals surface area contributed by atoms with E-state index in [1.165, 1.54) is 30.0 Å². The van der Waals surface area contributed by atoms with E-state index in [1.54, 1.807) is 85.8 Å². The summed E-state index contributed by atoms with van der Waals surface area (Å²) in [7, 11) is 0. The molecule has 0 bridgehead atoms. The highest BCUT2D eigenvalue weighted by molar-refractivity contribution is 8.00. The average Bonchev–Trinajstić information content (AvgIpc) is 2.99. The van der Waals surface area contributed by atoms with Crippen LogP contribution in [0.3, 0.4) is 0 Å². The number of non-ortho nitro benzene ring substituents is 1. The smallest absolute Gasteiger partial charge is 0.272 e. The molecule has 0 aliphatic carbocycles. The van der Waals surface area contributed by atoms with Gasteiger partial charge in [-0.1, -0.05) is 65.7 Å². The third kappa shape index (κ3) is 8.68. The number of halogens is 2. The van der Waals surface area contributed by atoms with Gasteiger partial charge in [-0.25, -0.2) is 0 Å². The Hall–Kier alpha value is -4.64. The van der Waals surface area contributed by atoms with E-state index in [1.807, 2.05) is 0 Å². The van der Waals surface area contributed by atoms with Crippen LogP contribution in [0.4, 0.5) is 17.1 Å². The second-order valence-corrected chi connectivity index (χ2v) is 10.9. The maximum Gasteiger partial charge on any atom is 0.272 e. The summed E-state index contributed by atoms with van der Waals surface area (Å²) < 4.78 is 0. The van der Waals surface area contributed by atoms with Gasteiger partial charge in [-0.05, 0) is 60.5 Å². The molecule has 12 heteroatoms. The molecule has 4 aromatic rings. The fourth-order valence-corrected chi connectivity index (χ4v) is 4.90. The summed E-state index contributed by atoms with van der Waals surface area (Å²) in [5.74, 6) is -1.43. The van der Waals surface area contributed by atoms with Crippen molar-refractivity contribution >= 4 is 75.8 Å². The van der Waals surface area contributed by atoms with Crippen molar-refractivity contribution in [2.45, 2.75) is 11.8 Å². The van der Waals surface area contributed by atoms with Crippen molar-refractivity contribution < 1.29 is 19.3 Å². The van der Waals surface area contributed by atoms with E-state index >= 15 is 0 Å². The van der Waals surface area contributed by atoms with Crippen LogP contribution in [0.2, 0.25) is 10.0 Å². The second-order valence-electron chi connectivity index (χ2n) is 9.10. The van der Waals surface area contributed by atoms with Gasteiger partial charge in [0.25, 0.3) is 17.5 Å². The molecule has 0 fully saturated rings. The highest BCUT2D eigenvalue weighted by atomic mass is 35.5. The van der Waals surface area contributed by atoms with Crippen LogP contribution in [0, 0.1) is 17.0 Å². The molecule has 9 nitrogen and oxygen atoms in total. The van der Waals surface area contributed by atoms with E-state index < -0.39 is 16.7 Å². The number of hydrogen-bond acceptors (Lipinski definition) is 6. The molecular weight excluding hydrogens is 611 g/mol. The van der Waals surface area contributed by atoms with Gasteiger partial charge < -0.3 is 16.0 Å². The predicted octanol–water partition coefficient (Wildman–Crippen LogP) is 7.35. The maximum absolute atomic E-state index is 13.4. The van der Waals surface area contributed by atoms with Gasteiger partial charge >= 0.3 is 0 Å². The Bertz CT molecular complexity index is 1730. The Morgan fingerprint density at radius 2 is 1.65 bits per heavy atom. The third-order valence-corrected chi connectivity index (χ3v) is 7.81. The number of thioether (sulfide) groups is 1. The number of rotatable bonds is 10. The average molecular weight is 636 g/mol. The van der Waals surface area contributed by atoms with Crippen LogP contribution < -0.4 is 16.0 Å². The molecule has 3 N–H and O–H groups in total. The van der Waals surface area contributed by atoms with Gasteiger partial charge in [-0.3, -0.25) is 24.5 Å². The zero-order valence-electron chi connectivity index (χ0n) is 22.6. The minimum Gasteiger partial charge on any atom is -0.325 e. The fraction of sp³-hybridized carbons (Fsp3) is 0.0645. The lowest BCUT2D eigenvalue weighted by molar-refractivity contribution is -0.384. The number of carbonyl (C=O) groups is 3. The summed E-state index contributed by atoms with van der Waals surface area (Å²) >= 11 is 13.7. The highest BCUT2D eigenvalue weighted by Gasteiger charge is 2.17. The molecule has 0 radical (unpaired) electrons. The Morgan fingerprint density at radius 1 is 0.907 bits per heavy atom. The van der Waals surface area contributed by atoms with Crippen molar-refractivity contribution in [3.05, 3.63) is 134 Å². The van der Waals surface area contributed by atoms with E-state index in [9.17, 15) is 24.5 Å². The van der Waals surface area contributed by atoms with E-state index in [0.29, 0.717) is 38.0 Å². The van der Waals surface area contributed by atoms with Crippen molar-refractivity contribution in [1.82, 2.24) is 5.32 Å². The first-order chi connectivity index (χ1) is 20.6. The number of anilines is 2. The van der Waals surface area contributed by atoms with E-state index in [2.05, 4.69) is 16.0 Å². The molecule has 43 heavy (non-hydrogen) atoms. The molecule has 0 unspecified atom stereocenters. The van der Waals surface area contributed by atoms with E-state index in [4.69, 9.17) is 23.2 Å². The van der Waals surface area contributed by atoms with Gasteiger partial charge in [0.2, 0.25) is 5.91 Å². The lowest BCUT2D eigenvalue weighted by Gasteiger charge is -2.13. The van der Waals surface area contributed by atoms with Gasteiger partial charge in [0.1, 0.15) is 5.70 Å². The SMILES string of the molecule is Cc1ccc([N+](=O)[O-])cc1NC(=O)CSc1cccc(NC(=O)/C(=C\c2cccc(Cl)c2Cl)NC(=O)c2ccccc2)c1. The van der Waals surface area contributed by atoms with Gasteiger partial charge in [0, 0.05) is 28.3 Å². The van der Waals surface area contributed by atoms with Crippen LogP contribution >= 0.6 is 35.0 Å². The molecule has 0 atom stereocenters. The standard InChI is InChI=1S/C31H24Cl2N4O5S/c1-19-13-14-23(37(41)42)17-26(19)35-28(38)18-43-24-11-6-10-22(16-24)34-31(40)27(15-21-9-5-12-25(32)29(21)33)36-30(39)20-7-3-2-4-8-20/h2-17H,18H2,1H3,(H,34,40)(H,35,38)(H,36,39)/b27-15+. The summed E-state index contributed by atoms with van der Waals surface area (Å²) in [6.45, 7) is 1.74. The molecule has 0 aromatic heterocycles. The van der Waals surface area contributed by atoms with Gasteiger partial charge in [0.15, 0.2) is 0 Å². The largest absolute Gasteiger partial charge is 0.325 e. The summed E-state index contributed by atoms with van der Waals surface area (Å²) in [5.41, 5.74) is 2.07. The summed E-state index contributed by atoms with van der Waals surface area (Å²) in [4.78, 5) is 50.1. The molecule has 0 saturated heterocycles. The molecule has 0 aliphatic rings. The van der Waals surface area contributed by atoms with Gasteiger partial charge in [-0.2, -0.15) is 0 Å². The second kappa shape index (κ2) is 14.5. The first-order valence-corrected chi connectivity index (χ1v) is 14.5. The van der Waals surface area contributed by atoms with Crippen LogP contribution in [-0.2, 0) is 9.59 Å². The molecule has 0 aliphatic heterocycles. The van der Waals surface area contributed by atoms with Crippen molar-refractivity contribution in [3.63, 3.8) is 0 Å². The van der Waals surface area contributed by atoms with Gasteiger partial charge in [-0.15, -0.1) is 11.8 Å². The van der Waals surface area contributed by atoms with Gasteiger partial charge in [0.05, 0.1) is 26.4 Å². The van der Waals surface area contributed by atoms with Crippen LogP contribution in [0.25, 0.3) is 6.08 Å². The molecule has 4 aromatic carbocycles. The lowest BCUT2D eigenvalue weighted by Crippen LogP contribution is -2.30. The molecule has 0 saturated carbocycles. The summed E-state index contributed by atoms with van der Waals surface area (Å²) in [5, 5.41) is 19.7. The number of carbonyl (C=O) groups excluding carboxylic acids is 3. The first kappa shape index (κ1) is 31.3. The number of nitrogens with zero attached hydrogens (tertiary/aromatic N) is 1. The topological polar surface area (TPSA) is 130 Å². The number of benzene rings is 4. The third-order valence-electron chi connectivity index (χ3n) is 5.98. The number of nitrogens with one attached hydrogen (secondary N) is 3. The van der Waals surface area contributed by atoms with Crippen LogP contribution in [0.15, 0.2) is 102 Å². The molecule has 3 amide bonds. The number of aryl methyl sites for hydroxylation is 1. The molecule has 0 spiro atoms. The van der Waals surface area contributed by atoms with Crippen LogP contribution in [-0.4, -0.2) is 28.4 Å². The quantitative estimate of drug-likeness (QED) is 0.0723. The Morgan fingerprint density at radius 3 is 2.40 bits per heavy atom. The molecule has 0 heterocycles. The zero-order chi connectivity index (χ0) is 30.9. The minimum atomic E-state index is -0.610. The maximum atomic E-state index is 13.4. The zero-order valence-corrected chi connectivity index (χ0v) is 24.9.